The number of hydrogen-bond acceptors (Lipinski definition) is 4. The quantitative estimate of drug-likeness (QED) is 0.289. The predicted molar refractivity (Wildman–Crippen MR) is 139 cm³/mol. The van der Waals surface area contributed by atoms with Crippen LogP contribution >= 0.6 is 0 Å². The Balaban J connectivity index is 1.57. The van der Waals surface area contributed by atoms with Crippen molar-refractivity contribution in [3.05, 3.63) is 53.7 Å². The summed E-state index contributed by atoms with van der Waals surface area (Å²) in [5, 5.41) is 14.8. The number of H-pyrrole nitrogens is 1. The third-order valence-electron chi connectivity index (χ3n) is 8.29. The lowest BCUT2D eigenvalue weighted by molar-refractivity contribution is -0.148. The Bertz CT molecular complexity index is 1530. The molecule has 0 aliphatic heterocycles. The summed E-state index contributed by atoms with van der Waals surface area (Å²) in [6.45, 7) is 6.31. The Kier molecular flexibility index (Phi) is 5.47. The van der Waals surface area contributed by atoms with E-state index < -0.39 is 23.5 Å². The Hall–Kier alpha value is -3.55. The second kappa shape index (κ2) is 8.50. The van der Waals surface area contributed by atoms with Crippen molar-refractivity contribution in [3.63, 3.8) is 0 Å². The van der Waals surface area contributed by atoms with Gasteiger partial charge in [-0.3, -0.25) is 4.79 Å². The fourth-order valence-electron chi connectivity index (χ4n) is 6.50. The van der Waals surface area contributed by atoms with E-state index in [-0.39, 0.29) is 28.8 Å². The molecule has 3 aliphatic rings. The molecular weight excluding hydrogens is 474 g/mol. The number of nitrogens with one attached hydrogen (secondary N) is 2. The third kappa shape index (κ3) is 3.93. The van der Waals surface area contributed by atoms with Gasteiger partial charge >= 0.3 is 5.97 Å². The molecule has 1 unspecified atom stereocenters. The summed E-state index contributed by atoms with van der Waals surface area (Å²) in [6.07, 6.45) is 5.47. The molecule has 8 heteroatoms. The molecule has 0 amide bonds. The largest absolute Gasteiger partial charge is 0.481 e. The zero-order valence-corrected chi connectivity index (χ0v) is 21.1. The number of aromatic amines is 1. The van der Waals surface area contributed by atoms with Crippen molar-refractivity contribution in [3.8, 4) is 11.4 Å². The number of carboxylic acids is 1. The third-order valence-corrected chi connectivity index (χ3v) is 8.29. The monoisotopic (exact) mass is 504 g/mol. The average Bonchev–Trinajstić information content (AvgIpc) is 3.27. The van der Waals surface area contributed by atoms with Gasteiger partial charge in [-0.2, -0.15) is 0 Å². The standard InChI is InChI=1S/C29H30F2N4O2/c1-29(2,3)20-6-4-5-17-24(20)34-27(19-13-32-25-18(19)11-16(30)12-21(25)31)35-26(17)33-23-15-9-7-14(8-10-15)22(23)28(36)37/h4-6,11-15,22-23,32H,7-10H2,1-3H3,(H,36,37)(H,33,34,35)/t14?,15?,22-,23?/m1/s1. The van der Waals surface area contributed by atoms with Gasteiger partial charge in [0.1, 0.15) is 17.5 Å². The van der Waals surface area contributed by atoms with Gasteiger partial charge in [-0.25, -0.2) is 18.7 Å². The number of aromatic nitrogens is 3. The number of para-hydroxylation sites is 1. The molecule has 2 bridgehead atoms. The summed E-state index contributed by atoms with van der Waals surface area (Å²) < 4.78 is 28.6. The number of carboxylic acid groups (broad SMARTS) is 1. The van der Waals surface area contributed by atoms with Gasteiger partial charge in [-0.1, -0.05) is 32.9 Å². The number of benzene rings is 2. The van der Waals surface area contributed by atoms with Crippen LogP contribution in [0.2, 0.25) is 0 Å². The van der Waals surface area contributed by atoms with Gasteiger partial charge in [0.15, 0.2) is 5.82 Å². The maximum Gasteiger partial charge on any atom is 0.308 e. The van der Waals surface area contributed by atoms with Crippen LogP contribution in [0.4, 0.5) is 14.6 Å². The molecule has 2 aromatic heterocycles. The highest BCUT2D eigenvalue weighted by molar-refractivity contribution is 5.98. The first-order valence-electron chi connectivity index (χ1n) is 12.9. The van der Waals surface area contributed by atoms with Crippen LogP contribution in [0.15, 0.2) is 36.5 Å². The van der Waals surface area contributed by atoms with Gasteiger partial charge in [-0.15, -0.1) is 0 Å². The summed E-state index contributed by atoms with van der Waals surface area (Å²) in [5.74, 6) is -1.33. The van der Waals surface area contributed by atoms with E-state index in [9.17, 15) is 18.7 Å². The molecule has 2 heterocycles. The normalized spacial score (nSPS) is 23.6. The molecule has 3 N–H and O–H groups in total. The van der Waals surface area contributed by atoms with Gasteiger partial charge in [0.25, 0.3) is 0 Å². The number of hydrogen-bond donors (Lipinski definition) is 3. The van der Waals surface area contributed by atoms with E-state index in [0.717, 1.165) is 48.2 Å². The number of fused-ring (bicyclic) bond motifs is 5. The molecule has 4 aromatic rings. The van der Waals surface area contributed by atoms with Crippen LogP contribution in [0.25, 0.3) is 33.2 Å². The Morgan fingerprint density at radius 1 is 1.05 bits per heavy atom. The molecule has 3 saturated carbocycles. The van der Waals surface area contributed by atoms with Gasteiger partial charge in [-0.05, 0) is 60.6 Å². The summed E-state index contributed by atoms with van der Waals surface area (Å²) in [7, 11) is 0. The molecule has 2 atom stereocenters. The van der Waals surface area contributed by atoms with Crippen molar-refractivity contribution >= 4 is 33.6 Å². The minimum Gasteiger partial charge on any atom is -0.481 e. The Labute approximate surface area is 213 Å². The fraction of sp³-hybridized carbons (Fsp3) is 0.414. The van der Waals surface area contributed by atoms with Crippen molar-refractivity contribution in [2.24, 2.45) is 17.8 Å². The SMILES string of the molecule is CC(C)(C)c1cccc2c(NC3C4CCC(CC4)[C@H]3C(=O)O)nc(-c3c[nH]c4c(F)cc(F)cc34)nc12. The van der Waals surface area contributed by atoms with Crippen LogP contribution in [0.3, 0.4) is 0 Å². The smallest absolute Gasteiger partial charge is 0.308 e. The highest BCUT2D eigenvalue weighted by Gasteiger charge is 2.47. The molecule has 3 fully saturated rings. The fourth-order valence-corrected chi connectivity index (χ4v) is 6.50. The lowest BCUT2D eigenvalue weighted by atomic mass is 9.61. The second-order valence-electron chi connectivity index (χ2n) is 11.6. The van der Waals surface area contributed by atoms with E-state index in [1.54, 1.807) is 6.20 Å². The van der Waals surface area contributed by atoms with Crippen LogP contribution in [0.1, 0.15) is 52.0 Å². The zero-order valence-electron chi connectivity index (χ0n) is 21.1. The summed E-state index contributed by atoms with van der Waals surface area (Å²) >= 11 is 0. The average molecular weight is 505 g/mol. The number of aliphatic carboxylic acids is 1. The van der Waals surface area contributed by atoms with E-state index >= 15 is 0 Å². The van der Waals surface area contributed by atoms with Gasteiger partial charge in [0, 0.05) is 34.6 Å². The van der Waals surface area contributed by atoms with Gasteiger partial charge < -0.3 is 15.4 Å². The minimum absolute atomic E-state index is 0.150. The van der Waals surface area contributed by atoms with Crippen molar-refractivity contribution in [1.82, 2.24) is 15.0 Å². The van der Waals surface area contributed by atoms with Crippen molar-refractivity contribution in [2.75, 3.05) is 5.32 Å². The number of carbonyl (C=O) groups is 1. The molecule has 0 radical (unpaired) electrons. The van der Waals surface area contributed by atoms with Crippen molar-refractivity contribution in [1.29, 1.82) is 0 Å². The minimum atomic E-state index is -0.775. The second-order valence-corrected chi connectivity index (χ2v) is 11.6. The van der Waals surface area contributed by atoms with Crippen LogP contribution in [-0.2, 0) is 10.2 Å². The maximum atomic E-state index is 14.5. The summed E-state index contributed by atoms with van der Waals surface area (Å²) in [4.78, 5) is 25.0. The molecule has 3 aliphatic carbocycles. The Morgan fingerprint density at radius 3 is 2.49 bits per heavy atom. The molecular formula is C29H30F2N4O2. The number of anilines is 1. The van der Waals surface area contributed by atoms with E-state index in [4.69, 9.17) is 9.97 Å². The molecule has 6 nitrogen and oxygen atoms in total. The molecule has 7 rings (SSSR count). The number of halogens is 2. The van der Waals surface area contributed by atoms with E-state index in [2.05, 4.69) is 31.1 Å². The predicted octanol–water partition coefficient (Wildman–Crippen LogP) is 6.66. The molecule has 0 saturated heterocycles. The summed E-state index contributed by atoms with van der Waals surface area (Å²) in [5.41, 5.74) is 2.20. The van der Waals surface area contributed by atoms with Crippen molar-refractivity contribution < 1.29 is 18.7 Å². The topological polar surface area (TPSA) is 90.9 Å². The first-order chi connectivity index (χ1) is 17.6. The van der Waals surface area contributed by atoms with Crippen LogP contribution in [-0.4, -0.2) is 32.1 Å². The lowest BCUT2D eigenvalue weighted by Gasteiger charge is -2.47. The molecule has 192 valence electrons. The molecule has 0 spiro atoms. The molecule has 37 heavy (non-hydrogen) atoms. The van der Waals surface area contributed by atoms with Gasteiger partial charge in [0.05, 0.1) is 17.0 Å². The van der Waals surface area contributed by atoms with E-state index in [1.807, 2.05) is 18.2 Å². The summed E-state index contributed by atoms with van der Waals surface area (Å²) in [6, 6.07) is 7.82. The van der Waals surface area contributed by atoms with Crippen molar-refractivity contribution in [2.45, 2.75) is 57.9 Å². The lowest BCUT2D eigenvalue weighted by Crippen LogP contribution is -2.51. The van der Waals surface area contributed by atoms with Gasteiger partial charge in [0.2, 0.25) is 0 Å². The van der Waals surface area contributed by atoms with E-state index in [0.29, 0.717) is 22.6 Å². The van der Waals surface area contributed by atoms with Crippen LogP contribution in [0, 0.1) is 29.4 Å². The van der Waals surface area contributed by atoms with Crippen LogP contribution in [0.5, 0.6) is 0 Å². The van der Waals surface area contributed by atoms with Crippen LogP contribution < -0.4 is 5.32 Å². The first-order valence-corrected chi connectivity index (χ1v) is 12.9. The number of rotatable bonds is 4. The number of nitrogens with zero attached hydrogens (tertiary/aromatic N) is 2. The highest BCUT2D eigenvalue weighted by atomic mass is 19.1. The van der Waals surface area contributed by atoms with E-state index in [1.165, 1.54) is 6.07 Å². The molecule has 2 aromatic carbocycles. The Morgan fingerprint density at radius 2 is 1.78 bits per heavy atom. The maximum absolute atomic E-state index is 14.5. The highest BCUT2D eigenvalue weighted by Crippen LogP contribution is 2.47. The first kappa shape index (κ1) is 23.8. The zero-order chi connectivity index (χ0) is 26.1.